The van der Waals surface area contributed by atoms with Gasteiger partial charge in [-0.1, -0.05) is 74.0 Å². The van der Waals surface area contributed by atoms with Gasteiger partial charge in [-0.3, -0.25) is 4.98 Å². The van der Waals surface area contributed by atoms with Gasteiger partial charge in [-0.2, -0.15) is 0 Å². The minimum absolute atomic E-state index is 0.104. The van der Waals surface area contributed by atoms with Crippen LogP contribution in [0.2, 0.25) is 0 Å². The van der Waals surface area contributed by atoms with Gasteiger partial charge in [0.2, 0.25) is 0 Å². The van der Waals surface area contributed by atoms with Crippen LogP contribution in [0.5, 0.6) is 0 Å². The van der Waals surface area contributed by atoms with Gasteiger partial charge in [0.05, 0.1) is 39.8 Å². The van der Waals surface area contributed by atoms with E-state index in [1.54, 1.807) is 28.7 Å². The molecule has 43 heavy (non-hydrogen) atoms. The molecule has 1 aliphatic rings. The third kappa shape index (κ3) is 4.53. The molecule has 0 N–H and O–H groups in total. The molecule has 0 spiro atoms. The van der Waals surface area contributed by atoms with Crippen LogP contribution in [0.1, 0.15) is 35.4 Å². The molecule has 206 valence electrons. The summed E-state index contributed by atoms with van der Waals surface area (Å²) in [5.74, 6) is 0. The second-order valence-electron chi connectivity index (χ2n) is 11.2. The van der Waals surface area contributed by atoms with Gasteiger partial charge in [-0.15, -0.1) is 22.7 Å². The van der Waals surface area contributed by atoms with Crippen molar-refractivity contribution >= 4 is 55.2 Å². The quantitative estimate of drug-likeness (QED) is 0.148. The number of thiophene rings is 2. The van der Waals surface area contributed by atoms with Gasteiger partial charge in [0.25, 0.3) is 5.70 Å². The van der Waals surface area contributed by atoms with Crippen molar-refractivity contribution in [2.75, 3.05) is 4.90 Å². The third-order valence-corrected chi connectivity index (χ3v) is 10.4. The van der Waals surface area contributed by atoms with Crippen molar-refractivity contribution in [3.63, 3.8) is 0 Å². The fourth-order valence-electron chi connectivity index (χ4n) is 5.88. The Hall–Kier alpha value is -5.01. The largest absolute Gasteiger partial charge is 0.309 e. The highest BCUT2D eigenvalue weighted by Gasteiger charge is 2.41. The minimum atomic E-state index is -0.258. The lowest BCUT2D eigenvalue weighted by Gasteiger charge is -2.28. The normalized spacial score (nSPS) is 13.3. The summed E-state index contributed by atoms with van der Waals surface area (Å²) in [7, 11) is 0. The van der Waals surface area contributed by atoms with Crippen molar-refractivity contribution in [2.45, 2.75) is 26.2 Å². The van der Waals surface area contributed by atoms with E-state index in [0.717, 1.165) is 27.6 Å². The Kier molecular flexibility index (Phi) is 6.47. The molecular weight excluding hydrogens is 565 g/mol. The van der Waals surface area contributed by atoms with Gasteiger partial charge in [0.1, 0.15) is 0 Å². The Morgan fingerprint density at radius 1 is 0.907 bits per heavy atom. The monoisotopic (exact) mass is 590 g/mol. The van der Waals surface area contributed by atoms with E-state index in [4.69, 9.17) is 11.6 Å². The molecule has 0 radical (unpaired) electrons. The molecule has 0 amide bonds. The number of nitrogens with zero attached hydrogens (tertiary/aromatic N) is 4. The number of pyridine rings is 1. The van der Waals surface area contributed by atoms with Crippen molar-refractivity contribution in [3.8, 4) is 27.8 Å². The summed E-state index contributed by atoms with van der Waals surface area (Å²) in [4.78, 5) is 12.9. The summed E-state index contributed by atoms with van der Waals surface area (Å²) in [6, 6.07) is 34.2. The number of aromatic nitrogens is 1. The van der Waals surface area contributed by atoms with Gasteiger partial charge >= 0.3 is 0 Å². The molecule has 0 saturated heterocycles. The van der Waals surface area contributed by atoms with Crippen molar-refractivity contribution in [1.29, 1.82) is 5.26 Å². The zero-order chi connectivity index (χ0) is 29.7. The lowest BCUT2D eigenvalue weighted by Crippen LogP contribution is -2.17. The number of allylic oxidation sites excluding steroid dienone is 1. The van der Waals surface area contributed by atoms with Crippen LogP contribution in [0.25, 0.3) is 42.0 Å². The lowest BCUT2D eigenvalue weighted by molar-refractivity contribution is 0.666. The standard InChI is InChI=1S/C37H26N4S2/c1-23-10-14-27(15-11-23)41(28-16-12-25(13-17-28)24-8-6-5-7-9-24)29-19-31-34(40-22-29)36-33(37(31,2)3)35-32(43-36)20-30(42-35)18-26(21-38)39-4/h5-20,22H,1-3H3/b26-18-. The summed E-state index contributed by atoms with van der Waals surface area (Å²) in [5, 5.41) is 9.25. The van der Waals surface area contributed by atoms with Crippen LogP contribution >= 0.6 is 22.7 Å². The highest BCUT2D eigenvalue weighted by atomic mass is 32.1. The number of fused-ring (bicyclic) bond motifs is 5. The maximum Gasteiger partial charge on any atom is 0.263 e. The summed E-state index contributed by atoms with van der Waals surface area (Å²) in [6.07, 6.45) is 3.68. The molecular formula is C37H26N4S2. The Morgan fingerprint density at radius 2 is 1.58 bits per heavy atom. The second-order valence-corrected chi connectivity index (χ2v) is 13.3. The molecule has 4 nitrogen and oxygen atoms in total. The van der Waals surface area contributed by atoms with E-state index in [2.05, 4.69) is 115 Å². The molecule has 0 saturated carbocycles. The van der Waals surface area contributed by atoms with Gasteiger partial charge in [-0.25, -0.2) is 10.1 Å². The predicted octanol–water partition coefficient (Wildman–Crippen LogP) is 10.9. The average Bonchev–Trinajstić information content (AvgIpc) is 3.65. The molecule has 7 rings (SSSR count). The second kappa shape index (κ2) is 10.4. The molecule has 3 heterocycles. The SMILES string of the molecule is [C-]#[N+]/C(C#N)=C\c1cc2sc3c(c2s1)C(C)(C)c1cc(N(c2ccc(C)cc2)c2ccc(-c4ccccc4)cc2)cnc1-3. The maximum absolute atomic E-state index is 9.25. The van der Waals surface area contributed by atoms with Gasteiger partial charge in [0.15, 0.2) is 0 Å². The third-order valence-electron chi connectivity index (χ3n) is 8.07. The Morgan fingerprint density at radius 3 is 2.26 bits per heavy atom. The number of hydrogen-bond donors (Lipinski definition) is 0. The van der Waals surface area contributed by atoms with Crippen LogP contribution in [0.4, 0.5) is 17.1 Å². The lowest BCUT2D eigenvalue weighted by atomic mass is 9.83. The summed E-state index contributed by atoms with van der Waals surface area (Å²) < 4.78 is 2.39. The van der Waals surface area contributed by atoms with Gasteiger partial charge in [0, 0.05) is 31.9 Å². The van der Waals surface area contributed by atoms with E-state index in [0.29, 0.717) is 0 Å². The first-order valence-corrected chi connectivity index (χ1v) is 15.6. The van der Waals surface area contributed by atoms with Gasteiger partial charge in [-0.05, 0) is 66.1 Å². The highest BCUT2D eigenvalue weighted by molar-refractivity contribution is 7.30. The van der Waals surface area contributed by atoms with E-state index in [1.165, 1.54) is 42.1 Å². The first-order valence-electron chi connectivity index (χ1n) is 14.0. The number of rotatable bonds is 5. The fourth-order valence-corrected chi connectivity index (χ4v) is 8.79. The van der Waals surface area contributed by atoms with E-state index in [9.17, 15) is 5.26 Å². The Balaban J connectivity index is 1.32. The summed E-state index contributed by atoms with van der Waals surface area (Å²) >= 11 is 3.39. The number of aryl methyl sites for hydroxylation is 1. The first kappa shape index (κ1) is 26.9. The smallest absolute Gasteiger partial charge is 0.263 e. The minimum Gasteiger partial charge on any atom is -0.309 e. The molecule has 1 aliphatic carbocycles. The molecule has 0 fully saturated rings. The topological polar surface area (TPSA) is 44.3 Å². The molecule has 0 unspecified atom stereocenters. The molecule has 0 bridgehead atoms. The van der Waals surface area contributed by atoms with Crippen molar-refractivity contribution < 1.29 is 0 Å². The predicted molar refractivity (Wildman–Crippen MR) is 180 cm³/mol. The number of benzene rings is 3. The molecule has 0 atom stereocenters. The van der Waals surface area contributed by atoms with Crippen LogP contribution in [0.3, 0.4) is 0 Å². The average molecular weight is 591 g/mol. The van der Waals surface area contributed by atoms with E-state index in [1.807, 2.05) is 18.3 Å². The number of hydrogen-bond acceptors (Lipinski definition) is 5. The first-order chi connectivity index (χ1) is 20.9. The molecule has 6 heteroatoms. The zero-order valence-corrected chi connectivity index (χ0v) is 25.6. The van der Waals surface area contributed by atoms with E-state index < -0.39 is 0 Å². The summed E-state index contributed by atoms with van der Waals surface area (Å²) in [5.41, 5.74) is 10.1. The zero-order valence-electron chi connectivity index (χ0n) is 23.9. The number of nitriles is 1. The summed E-state index contributed by atoms with van der Waals surface area (Å²) in [6.45, 7) is 13.9. The maximum atomic E-state index is 9.25. The van der Waals surface area contributed by atoms with E-state index in [-0.39, 0.29) is 11.1 Å². The van der Waals surface area contributed by atoms with Crippen molar-refractivity contribution in [3.05, 3.63) is 136 Å². The number of anilines is 3. The molecule has 3 aromatic carbocycles. The van der Waals surface area contributed by atoms with Crippen LogP contribution < -0.4 is 4.90 Å². The van der Waals surface area contributed by atoms with Crippen LogP contribution in [-0.4, -0.2) is 4.98 Å². The van der Waals surface area contributed by atoms with Crippen LogP contribution in [-0.2, 0) is 5.41 Å². The van der Waals surface area contributed by atoms with Crippen LogP contribution in [0.15, 0.2) is 103 Å². The Bertz CT molecular complexity index is 2100. The fraction of sp³-hybridized carbons (Fsp3) is 0.108. The molecule has 6 aromatic rings. The molecule has 0 aliphatic heterocycles. The molecule has 3 aromatic heterocycles. The Labute approximate surface area is 259 Å². The highest BCUT2D eigenvalue weighted by Crippen LogP contribution is 2.57. The van der Waals surface area contributed by atoms with E-state index >= 15 is 0 Å². The van der Waals surface area contributed by atoms with Crippen LogP contribution in [0, 0.1) is 24.8 Å². The van der Waals surface area contributed by atoms with Crippen molar-refractivity contribution in [2.24, 2.45) is 0 Å². The van der Waals surface area contributed by atoms with Gasteiger partial charge < -0.3 is 4.90 Å². The van der Waals surface area contributed by atoms with Crippen molar-refractivity contribution in [1.82, 2.24) is 4.98 Å².